The van der Waals surface area contributed by atoms with Gasteiger partial charge >= 0.3 is 0 Å². The van der Waals surface area contributed by atoms with Crippen LogP contribution in [-0.4, -0.2) is 43.0 Å². The predicted octanol–water partition coefficient (Wildman–Crippen LogP) is 0.962. The van der Waals surface area contributed by atoms with E-state index in [9.17, 15) is 4.79 Å². The van der Waals surface area contributed by atoms with Gasteiger partial charge in [-0.15, -0.1) is 0 Å². The highest BCUT2D eigenvalue weighted by Gasteiger charge is 2.29. The van der Waals surface area contributed by atoms with Crippen molar-refractivity contribution in [2.24, 2.45) is 11.1 Å². The summed E-state index contributed by atoms with van der Waals surface area (Å²) in [5.41, 5.74) is 5.85. The molecule has 1 rings (SSSR count). The van der Waals surface area contributed by atoms with Crippen molar-refractivity contribution in [3.63, 3.8) is 0 Å². The topological polar surface area (TPSA) is 58.4 Å². The van der Waals surface area contributed by atoms with E-state index in [0.29, 0.717) is 6.54 Å². The molecule has 0 aromatic heterocycles. The Morgan fingerprint density at radius 2 is 2.18 bits per heavy atom. The van der Waals surface area contributed by atoms with Crippen LogP contribution in [-0.2, 0) is 4.79 Å². The number of amides is 1. The van der Waals surface area contributed by atoms with Crippen LogP contribution in [0.4, 0.5) is 0 Å². The van der Waals surface area contributed by atoms with Crippen LogP contribution in [0.5, 0.6) is 0 Å². The standard InChI is InChI=1S/C13H27N3O/c1-4-16(10-13(2,3)9-14)11-7-5-6-8-15-12(11)17/h11H,4-10,14H2,1-3H3,(H,15,17). The van der Waals surface area contributed by atoms with Crippen molar-refractivity contribution in [3.8, 4) is 0 Å². The molecule has 0 radical (unpaired) electrons. The van der Waals surface area contributed by atoms with E-state index in [1.807, 2.05) is 0 Å². The van der Waals surface area contributed by atoms with Crippen molar-refractivity contribution >= 4 is 5.91 Å². The van der Waals surface area contributed by atoms with Crippen LogP contribution in [0.3, 0.4) is 0 Å². The molecule has 4 nitrogen and oxygen atoms in total. The van der Waals surface area contributed by atoms with Crippen molar-refractivity contribution in [1.82, 2.24) is 10.2 Å². The Morgan fingerprint density at radius 3 is 2.76 bits per heavy atom. The van der Waals surface area contributed by atoms with E-state index in [-0.39, 0.29) is 17.4 Å². The first-order valence-corrected chi connectivity index (χ1v) is 6.72. The lowest BCUT2D eigenvalue weighted by Gasteiger charge is -2.35. The zero-order valence-electron chi connectivity index (χ0n) is 11.5. The average Bonchev–Trinajstić information content (AvgIpc) is 2.51. The Bertz CT molecular complexity index is 253. The molecule has 0 aliphatic carbocycles. The maximum Gasteiger partial charge on any atom is 0.237 e. The minimum atomic E-state index is 0.0355. The molecule has 1 heterocycles. The van der Waals surface area contributed by atoms with Gasteiger partial charge in [-0.1, -0.05) is 20.8 Å². The highest BCUT2D eigenvalue weighted by atomic mass is 16.2. The molecule has 0 bridgehead atoms. The third-order valence-corrected chi connectivity index (χ3v) is 3.54. The van der Waals surface area contributed by atoms with Crippen LogP contribution in [0.2, 0.25) is 0 Å². The maximum absolute atomic E-state index is 12.0. The predicted molar refractivity (Wildman–Crippen MR) is 70.7 cm³/mol. The van der Waals surface area contributed by atoms with Gasteiger partial charge < -0.3 is 11.1 Å². The number of nitrogens with two attached hydrogens (primary N) is 1. The molecule has 0 spiro atoms. The fraction of sp³-hybridized carbons (Fsp3) is 0.923. The summed E-state index contributed by atoms with van der Waals surface area (Å²) in [6.45, 7) is 9.70. The molecular formula is C13H27N3O. The molecule has 4 heteroatoms. The van der Waals surface area contributed by atoms with Gasteiger partial charge in [0.25, 0.3) is 0 Å². The van der Waals surface area contributed by atoms with Crippen LogP contribution in [0.15, 0.2) is 0 Å². The number of carbonyl (C=O) groups is 1. The van der Waals surface area contributed by atoms with Gasteiger partial charge in [0.2, 0.25) is 5.91 Å². The Balaban J connectivity index is 2.67. The first-order valence-electron chi connectivity index (χ1n) is 6.72. The first kappa shape index (κ1) is 14.5. The van der Waals surface area contributed by atoms with Crippen LogP contribution in [0.1, 0.15) is 40.0 Å². The number of carbonyl (C=O) groups excluding carboxylic acids is 1. The van der Waals surface area contributed by atoms with Gasteiger partial charge in [-0.3, -0.25) is 9.69 Å². The fourth-order valence-corrected chi connectivity index (χ4v) is 2.33. The van der Waals surface area contributed by atoms with Crippen LogP contribution in [0, 0.1) is 5.41 Å². The van der Waals surface area contributed by atoms with Gasteiger partial charge in [0.1, 0.15) is 0 Å². The molecule has 0 aromatic rings. The van der Waals surface area contributed by atoms with Crippen molar-refractivity contribution in [3.05, 3.63) is 0 Å². The first-order chi connectivity index (χ1) is 8.00. The summed E-state index contributed by atoms with van der Waals surface area (Å²) in [7, 11) is 0. The second-order valence-corrected chi connectivity index (χ2v) is 5.73. The summed E-state index contributed by atoms with van der Waals surface area (Å²) in [5.74, 6) is 0.192. The Morgan fingerprint density at radius 1 is 1.47 bits per heavy atom. The second-order valence-electron chi connectivity index (χ2n) is 5.73. The molecule has 1 amide bonds. The van der Waals surface area contributed by atoms with E-state index < -0.39 is 0 Å². The zero-order chi connectivity index (χ0) is 12.9. The third kappa shape index (κ3) is 4.28. The van der Waals surface area contributed by atoms with Crippen LogP contribution < -0.4 is 11.1 Å². The number of likely N-dealkylation sites (N-methyl/N-ethyl adjacent to an activating group) is 1. The summed E-state index contributed by atoms with van der Waals surface area (Å²) in [6.07, 6.45) is 3.20. The number of nitrogens with one attached hydrogen (secondary N) is 1. The normalized spacial score (nSPS) is 22.4. The van der Waals surface area contributed by atoms with Gasteiger partial charge in [0.15, 0.2) is 0 Å². The lowest BCUT2D eigenvalue weighted by Crippen LogP contribution is -2.50. The van der Waals surface area contributed by atoms with Crippen molar-refractivity contribution < 1.29 is 4.79 Å². The lowest BCUT2D eigenvalue weighted by molar-refractivity contribution is -0.126. The van der Waals surface area contributed by atoms with E-state index in [1.54, 1.807) is 0 Å². The monoisotopic (exact) mass is 241 g/mol. The summed E-state index contributed by atoms with van der Waals surface area (Å²) >= 11 is 0. The maximum atomic E-state index is 12.0. The highest BCUT2D eigenvalue weighted by Crippen LogP contribution is 2.20. The number of hydrogen-bond donors (Lipinski definition) is 2. The van der Waals surface area contributed by atoms with E-state index in [1.165, 1.54) is 0 Å². The molecule has 1 atom stereocenters. The number of hydrogen-bond acceptors (Lipinski definition) is 3. The highest BCUT2D eigenvalue weighted by molar-refractivity contribution is 5.81. The van der Waals surface area contributed by atoms with Gasteiger partial charge in [0, 0.05) is 13.1 Å². The Kier molecular flexibility index (Phi) is 5.40. The second kappa shape index (κ2) is 6.36. The van der Waals surface area contributed by atoms with Crippen molar-refractivity contribution in [2.45, 2.75) is 46.1 Å². The fourth-order valence-electron chi connectivity index (χ4n) is 2.33. The van der Waals surface area contributed by atoms with Crippen molar-refractivity contribution in [2.75, 3.05) is 26.2 Å². The molecule has 3 N–H and O–H groups in total. The molecule has 17 heavy (non-hydrogen) atoms. The van der Waals surface area contributed by atoms with Gasteiger partial charge in [0.05, 0.1) is 6.04 Å². The van der Waals surface area contributed by atoms with E-state index in [4.69, 9.17) is 5.73 Å². The zero-order valence-corrected chi connectivity index (χ0v) is 11.5. The van der Waals surface area contributed by atoms with E-state index in [2.05, 4.69) is 31.0 Å². The van der Waals surface area contributed by atoms with Gasteiger partial charge in [-0.05, 0) is 37.8 Å². The smallest absolute Gasteiger partial charge is 0.237 e. The quantitative estimate of drug-likeness (QED) is 0.754. The largest absolute Gasteiger partial charge is 0.355 e. The summed E-state index contributed by atoms with van der Waals surface area (Å²) < 4.78 is 0. The molecule has 1 aliphatic rings. The van der Waals surface area contributed by atoms with E-state index in [0.717, 1.165) is 38.9 Å². The van der Waals surface area contributed by atoms with Crippen molar-refractivity contribution in [1.29, 1.82) is 0 Å². The summed E-state index contributed by atoms with van der Waals surface area (Å²) in [5, 5.41) is 3.00. The van der Waals surface area contributed by atoms with E-state index >= 15 is 0 Å². The average molecular weight is 241 g/mol. The number of rotatable bonds is 5. The third-order valence-electron chi connectivity index (χ3n) is 3.54. The summed E-state index contributed by atoms with van der Waals surface area (Å²) in [4.78, 5) is 14.3. The molecule has 0 aromatic carbocycles. The molecule has 1 fully saturated rings. The SMILES string of the molecule is CCN(CC(C)(C)CN)C1CCCCNC1=O. The van der Waals surface area contributed by atoms with Crippen LogP contribution >= 0.6 is 0 Å². The molecular weight excluding hydrogens is 214 g/mol. The molecule has 1 unspecified atom stereocenters. The number of nitrogens with zero attached hydrogens (tertiary/aromatic N) is 1. The Labute approximate surface area is 105 Å². The molecule has 1 aliphatic heterocycles. The minimum absolute atomic E-state index is 0.0355. The molecule has 1 saturated heterocycles. The van der Waals surface area contributed by atoms with Gasteiger partial charge in [-0.2, -0.15) is 0 Å². The summed E-state index contributed by atoms with van der Waals surface area (Å²) in [6, 6.07) is 0.0355. The van der Waals surface area contributed by atoms with Gasteiger partial charge in [-0.25, -0.2) is 0 Å². The molecule has 100 valence electrons. The Hall–Kier alpha value is -0.610. The minimum Gasteiger partial charge on any atom is -0.355 e. The lowest BCUT2D eigenvalue weighted by atomic mass is 9.92. The van der Waals surface area contributed by atoms with Crippen LogP contribution in [0.25, 0.3) is 0 Å². The molecule has 0 saturated carbocycles.